The summed E-state index contributed by atoms with van der Waals surface area (Å²) >= 11 is 0. The van der Waals surface area contributed by atoms with Crippen molar-refractivity contribution in [2.75, 3.05) is 10.6 Å². The third kappa shape index (κ3) is 4.56. The molecule has 0 atom stereocenters. The number of benzene rings is 2. The molecular weight excluding hydrogens is 355 g/mol. The largest absolute Gasteiger partial charge is 0.418 e. The van der Waals surface area contributed by atoms with Crippen LogP contribution >= 0.6 is 0 Å². The second-order valence-electron chi connectivity index (χ2n) is 5.20. The van der Waals surface area contributed by atoms with Crippen LogP contribution in [0.4, 0.5) is 30.2 Å². The summed E-state index contributed by atoms with van der Waals surface area (Å²) in [5, 5.41) is 15.0. The Morgan fingerprint density at radius 3 is 2.35 bits per heavy atom. The lowest BCUT2D eigenvalue weighted by Gasteiger charge is -2.15. The minimum absolute atomic E-state index is 0.0850. The van der Waals surface area contributed by atoms with E-state index in [0.717, 1.165) is 25.1 Å². The van der Waals surface area contributed by atoms with Crippen molar-refractivity contribution >= 4 is 28.9 Å². The number of non-ortho nitro benzene ring substituents is 1. The van der Waals surface area contributed by atoms with Crippen molar-refractivity contribution in [1.82, 2.24) is 0 Å². The van der Waals surface area contributed by atoms with Gasteiger partial charge in [-0.15, -0.1) is 0 Å². The molecule has 0 heterocycles. The van der Waals surface area contributed by atoms with Gasteiger partial charge < -0.3 is 10.6 Å². The molecule has 0 fully saturated rings. The molecule has 0 aliphatic rings. The van der Waals surface area contributed by atoms with Crippen LogP contribution in [0, 0.1) is 10.1 Å². The molecule has 0 spiro atoms. The molecule has 0 aliphatic carbocycles. The van der Waals surface area contributed by atoms with E-state index in [9.17, 15) is 32.9 Å². The molecule has 2 N–H and O–H groups in total. The maximum atomic E-state index is 13.2. The van der Waals surface area contributed by atoms with Gasteiger partial charge in [-0.05, 0) is 24.3 Å². The van der Waals surface area contributed by atoms with Gasteiger partial charge >= 0.3 is 6.18 Å². The number of nitrogens with one attached hydrogen (secondary N) is 2. The quantitative estimate of drug-likeness (QED) is 0.633. The van der Waals surface area contributed by atoms with E-state index in [4.69, 9.17) is 0 Å². The Kier molecular flexibility index (Phi) is 5.24. The molecule has 0 saturated carbocycles. The molecule has 2 rings (SSSR count). The maximum Gasteiger partial charge on any atom is 0.418 e. The van der Waals surface area contributed by atoms with E-state index < -0.39 is 34.2 Å². The third-order valence-corrected chi connectivity index (χ3v) is 3.21. The predicted octanol–water partition coefficient (Wildman–Crippen LogP) is 3.82. The number of hydrogen-bond donors (Lipinski definition) is 2. The summed E-state index contributed by atoms with van der Waals surface area (Å²) in [5.41, 5.74) is -2.32. The smallest absolute Gasteiger partial charge is 0.326 e. The number of nitro groups is 1. The van der Waals surface area contributed by atoms with Gasteiger partial charge in [0.2, 0.25) is 5.91 Å². The number of halogens is 3. The molecular formula is C16H12F3N3O4. The summed E-state index contributed by atoms with van der Waals surface area (Å²) in [6.45, 7) is 1.14. The van der Waals surface area contributed by atoms with E-state index in [1.807, 2.05) is 0 Å². The third-order valence-electron chi connectivity index (χ3n) is 3.21. The first-order valence-electron chi connectivity index (χ1n) is 7.12. The summed E-state index contributed by atoms with van der Waals surface area (Å²) < 4.78 is 39.7. The Hall–Kier alpha value is -3.43. The lowest BCUT2D eigenvalue weighted by atomic mass is 10.1. The molecule has 136 valence electrons. The number of nitrogens with zero attached hydrogens (tertiary/aromatic N) is 1. The van der Waals surface area contributed by atoms with Crippen molar-refractivity contribution < 1.29 is 27.7 Å². The highest BCUT2D eigenvalue weighted by Gasteiger charge is 2.34. The number of nitro benzene ring substituents is 1. The van der Waals surface area contributed by atoms with Crippen LogP contribution in [-0.4, -0.2) is 16.7 Å². The van der Waals surface area contributed by atoms with E-state index in [0.29, 0.717) is 6.07 Å². The fourth-order valence-corrected chi connectivity index (χ4v) is 2.12. The molecule has 10 heteroatoms. The minimum Gasteiger partial charge on any atom is -0.326 e. The number of hydrogen-bond acceptors (Lipinski definition) is 4. The fraction of sp³-hybridized carbons (Fsp3) is 0.125. The first kappa shape index (κ1) is 18.9. The molecule has 2 aromatic carbocycles. The second kappa shape index (κ2) is 7.21. The molecule has 0 bridgehead atoms. The normalized spacial score (nSPS) is 10.9. The first-order chi connectivity index (χ1) is 12.1. The summed E-state index contributed by atoms with van der Waals surface area (Å²) in [7, 11) is 0. The first-order valence-corrected chi connectivity index (χ1v) is 7.12. The van der Waals surface area contributed by atoms with Gasteiger partial charge in [0.05, 0.1) is 16.2 Å². The average Bonchev–Trinajstić information content (AvgIpc) is 2.54. The highest BCUT2D eigenvalue weighted by molar-refractivity contribution is 6.05. The average molecular weight is 367 g/mol. The second-order valence-corrected chi connectivity index (χ2v) is 5.20. The van der Waals surface area contributed by atoms with E-state index in [-0.39, 0.29) is 16.9 Å². The molecule has 2 amide bonds. The van der Waals surface area contributed by atoms with Crippen molar-refractivity contribution in [2.24, 2.45) is 0 Å². The maximum absolute atomic E-state index is 13.2. The number of amides is 2. The van der Waals surface area contributed by atoms with E-state index in [2.05, 4.69) is 10.6 Å². The number of alkyl halides is 3. The SMILES string of the molecule is CC(=O)Nc1ccc(NC(=O)c2cccc([N+](=O)[O-])c2)c(C(F)(F)F)c1. The summed E-state index contributed by atoms with van der Waals surface area (Å²) in [6, 6.07) is 7.46. The van der Waals surface area contributed by atoms with E-state index in [1.54, 1.807) is 0 Å². The van der Waals surface area contributed by atoms with Gasteiger partial charge in [0.1, 0.15) is 0 Å². The lowest BCUT2D eigenvalue weighted by Crippen LogP contribution is -2.17. The van der Waals surface area contributed by atoms with Crippen LogP contribution in [0.2, 0.25) is 0 Å². The zero-order chi connectivity index (χ0) is 19.5. The fourth-order valence-electron chi connectivity index (χ4n) is 2.12. The molecule has 0 radical (unpaired) electrons. The molecule has 0 aromatic heterocycles. The Morgan fingerprint density at radius 1 is 1.08 bits per heavy atom. The Labute approximate surface area is 145 Å². The van der Waals surface area contributed by atoms with Crippen molar-refractivity contribution in [3.63, 3.8) is 0 Å². The summed E-state index contributed by atoms with van der Waals surface area (Å²) in [5.74, 6) is -1.49. The summed E-state index contributed by atoms with van der Waals surface area (Å²) in [4.78, 5) is 33.2. The molecule has 7 nitrogen and oxygen atoms in total. The van der Waals surface area contributed by atoms with Crippen molar-refractivity contribution in [1.29, 1.82) is 0 Å². The Balaban J connectivity index is 2.36. The minimum atomic E-state index is -4.79. The van der Waals surface area contributed by atoms with Gasteiger partial charge in [-0.25, -0.2) is 0 Å². The van der Waals surface area contributed by atoms with Gasteiger partial charge in [-0.2, -0.15) is 13.2 Å². The van der Waals surface area contributed by atoms with Crippen LogP contribution in [0.25, 0.3) is 0 Å². The van der Waals surface area contributed by atoms with Crippen molar-refractivity contribution in [3.8, 4) is 0 Å². The molecule has 2 aromatic rings. The highest BCUT2D eigenvalue weighted by Crippen LogP contribution is 2.36. The summed E-state index contributed by atoms with van der Waals surface area (Å²) in [6.07, 6.45) is -4.79. The standard InChI is InChI=1S/C16H12F3N3O4/c1-9(23)20-11-5-6-14(13(8-11)16(17,18)19)21-15(24)10-3-2-4-12(7-10)22(25)26/h2-8H,1H3,(H,20,23)(H,21,24). The van der Waals surface area contributed by atoms with Crippen molar-refractivity contribution in [3.05, 3.63) is 63.7 Å². The number of anilines is 2. The van der Waals surface area contributed by atoms with Gasteiger partial charge in [0, 0.05) is 30.3 Å². The van der Waals surface area contributed by atoms with Crippen LogP contribution in [0.5, 0.6) is 0 Å². The van der Waals surface area contributed by atoms with Crippen molar-refractivity contribution in [2.45, 2.75) is 13.1 Å². The molecule has 0 unspecified atom stereocenters. The number of carbonyl (C=O) groups is 2. The molecule has 0 saturated heterocycles. The van der Waals surface area contributed by atoms with Crippen LogP contribution in [-0.2, 0) is 11.0 Å². The monoisotopic (exact) mass is 367 g/mol. The Morgan fingerprint density at radius 2 is 1.77 bits per heavy atom. The zero-order valence-corrected chi connectivity index (χ0v) is 13.3. The van der Waals surface area contributed by atoms with E-state index in [1.165, 1.54) is 18.2 Å². The zero-order valence-electron chi connectivity index (χ0n) is 13.3. The van der Waals surface area contributed by atoms with Crippen LogP contribution in [0.3, 0.4) is 0 Å². The van der Waals surface area contributed by atoms with Gasteiger partial charge in [-0.3, -0.25) is 19.7 Å². The topological polar surface area (TPSA) is 101 Å². The Bertz CT molecular complexity index is 881. The number of rotatable bonds is 4. The molecule has 0 aliphatic heterocycles. The van der Waals surface area contributed by atoms with Crippen LogP contribution in [0.1, 0.15) is 22.8 Å². The van der Waals surface area contributed by atoms with Crippen LogP contribution in [0.15, 0.2) is 42.5 Å². The van der Waals surface area contributed by atoms with Crippen LogP contribution < -0.4 is 10.6 Å². The van der Waals surface area contributed by atoms with Gasteiger partial charge in [0.15, 0.2) is 0 Å². The van der Waals surface area contributed by atoms with Gasteiger partial charge in [0.25, 0.3) is 11.6 Å². The number of carbonyl (C=O) groups excluding carboxylic acids is 2. The van der Waals surface area contributed by atoms with E-state index >= 15 is 0 Å². The molecule has 26 heavy (non-hydrogen) atoms. The van der Waals surface area contributed by atoms with Gasteiger partial charge in [-0.1, -0.05) is 6.07 Å². The highest BCUT2D eigenvalue weighted by atomic mass is 19.4. The lowest BCUT2D eigenvalue weighted by molar-refractivity contribution is -0.384. The predicted molar refractivity (Wildman–Crippen MR) is 86.8 cm³/mol.